The lowest BCUT2D eigenvalue weighted by atomic mass is 9.75. The van der Waals surface area contributed by atoms with Crippen molar-refractivity contribution in [2.45, 2.75) is 51.4 Å². The first-order valence-electron chi connectivity index (χ1n) is 13.8. The molecule has 0 saturated carbocycles. The van der Waals surface area contributed by atoms with Crippen molar-refractivity contribution < 1.29 is 22.7 Å². The number of ether oxygens (including phenoxy) is 1. The zero-order valence-electron chi connectivity index (χ0n) is 23.0. The molecule has 2 saturated heterocycles. The van der Waals surface area contributed by atoms with Crippen LogP contribution in [0.25, 0.3) is 0 Å². The van der Waals surface area contributed by atoms with Crippen LogP contribution in [0.3, 0.4) is 0 Å². The van der Waals surface area contributed by atoms with E-state index in [2.05, 4.69) is 28.9 Å². The van der Waals surface area contributed by atoms with Crippen LogP contribution in [-0.4, -0.2) is 51.9 Å². The van der Waals surface area contributed by atoms with Crippen LogP contribution < -0.4 is 4.90 Å². The van der Waals surface area contributed by atoms with Crippen LogP contribution in [0.1, 0.15) is 58.7 Å². The van der Waals surface area contributed by atoms with Gasteiger partial charge < -0.3 is 14.2 Å². The summed E-state index contributed by atoms with van der Waals surface area (Å²) in [6, 6.07) is 9.90. The predicted molar refractivity (Wildman–Crippen MR) is 144 cm³/mol. The minimum Gasteiger partial charge on any atom is -0.379 e. The molecule has 7 nitrogen and oxygen atoms in total. The van der Waals surface area contributed by atoms with Crippen molar-refractivity contribution in [2.75, 3.05) is 31.2 Å². The van der Waals surface area contributed by atoms with Gasteiger partial charge in [0.15, 0.2) is 0 Å². The van der Waals surface area contributed by atoms with Gasteiger partial charge in [-0.15, -0.1) is 10.2 Å². The quantitative estimate of drug-likeness (QED) is 0.431. The molecule has 212 valence electrons. The van der Waals surface area contributed by atoms with Crippen molar-refractivity contribution in [3.05, 3.63) is 76.4 Å². The molecule has 6 rings (SSSR count). The first-order valence-corrected chi connectivity index (χ1v) is 13.8. The van der Waals surface area contributed by atoms with Crippen molar-refractivity contribution in [3.63, 3.8) is 0 Å². The summed E-state index contributed by atoms with van der Waals surface area (Å²) in [7, 11) is 1.89. The van der Waals surface area contributed by atoms with Crippen molar-refractivity contribution in [3.8, 4) is 0 Å². The molecule has 10 heteroatoms. The summed E-state index contributed by atoms with van der Waals surface area (Å²) in [5.41, 5.74) is 2.11. The molecule has 40 heavy (non-hydrogen) atoms. The van der Waals surface area contributed by atoms with E-state index in [1.165, 1.54) is 11.0 Å². The summed E-state index contributed by atoms with van der Waals surface area (Å²) < 4.78 is 49.4. The number of carbonyl (C=O) groups excluding carboxylic acids is 1. The summed E-state index contributed by atoms with van der Waals surface area (Å²) >= 11 is 0. The molecule has 0 aliphatic carbocycles. The summed E-state index contributed by atoms with van der Waals surface area (Å²) in [4.78, 5) is 17.4. The van der Waals surface area contributed by atoms with Crippen LogP contribution in [0.4, 0.5) is 18.9 Å². The molecule has 3 aromatic rings. The largest absolute Gasteiger partial charge is 0.416 e. The molecule has 0 radical (unpaired) electrons. The monoisotopic (exact) mass is 553 g/mol. The summed E-state index contributed by atoms with van der Waals surface area (Å²) in [6.45, 7) is 7.74. The lowest BCUT2D eigenvalue weighted by Gasteiger charge is -2.41. The van der Waals surface area contributed by atoms with Gasteiger partial charge in [0, 0.05) is 49.8 Å². The van der Waals surface area contributed by atoms with E-state index < -0.39 is 11.7 Å². The molecule has 0 spiro atoms. The molecule has 4 heterocycles. The molecule has 1 aromatic heterocycles. The first kappa shape index (κ1) is 27.0. The Morgan fingerprint density at radius 3 is 2.45 bits per heavy atom. The number of fused-ring (bicyclic) bond motifs is 1. The Labute approximate surface area is 231 Å². The molecule has 2 fully saturated rings. The molecule has 3 aliphatic heterocycles. The third-order valence-corrected chi connectivity index (χ3v) is 8.55. The van der Waals surface area contributed by atoms with Crippen molar-refractivity contribution in [1.29, 1.82) is 0 Å². The highest BCUT2D eigenvalue weighted by molar-refractivity contribution is 6.10. The number of piperidine rings is 1. The van der Waals surface area contributed by atoms with Crippen LogP contribution in [0.15, 0.2) is 42.7 Å². The highest BCUT2D eigenvalue weighted by Gasteiger charge is 2.43. The molecule has 0 unspecified atom stereocenters. The number of anilines is 1. The maximum Gasteiger partial charge on any atom is 0.416 e. The van der Waals surface area contributed by atoms with E-state index in [1.54, 1.807) is 12.4 Å². The van der Waals surface area contributed by atoms with Gasteiger partial charge in [0.1, 0.15) is 12.2 Å². The van der Waals surface area contributed by atoms with Gasteiger partial charge in [0.05, 0.1) is 25.3 Å². The molecule has 2 aromatic carbocycles. The minimum absolute atomic E-state index is 0.236. The van der Waals surface area contributed by atoms with E-state index in [0.29, 0.717) is 49.1 Å². The van der Waals surface area contributed by atoms with Gasteiger partial charge in [0.25, 0.3) is 5.91 Å². The smallest absolute Gasteiger partial charge is 0.379 e. The molecule has 2 atom stereocenters. The maximum atomic E-state index is 14.0. The first-order chi connectivity index (χ1) is 19.0. The number of aromatic nitrogens is 3. The van der Waals surface area contributed by atoms with Crippen molar-refractivity contribution >= 4 is 11.6 Å². The summed E-state index contributed by atoms with van der Waals surface area (Å²) in [6.07, 6.45) is -1.11. The number of benzene rings is 2. The van der Waals surface area contributed by atoms with Crippen molar-refractivity contribution in [2.24, 2.45) is 18.9 Å². The Balaban J connectivity index is 1.29. The molecule has 1 amide bonds. The lowest BCUT2D eigenvalue weighted by Crippen LogP contribution is -2.49. The van der Waals surface area contributed by atoms with Gasteiger partial charge in [-0.05, 0) is 59.2 Å². The highest BCUT2D eigenvalue weighted by Crippen LogP contribution is 2.40. The second-order valence-corrected chi connectivity index (χ2v) is 12.1. The fourth-order valence-corrected chi connectivity index (χ4v) is 6.59. The fourth-order valence-electron chi connectivity index (χ4n) is 6.59. The van der Waals surface area contributed by atoms with Crippen LogP contribution in [0, 0.1) is 11.8 Å². The normalized spacial score (nSPS) is 22.9. The highest BCUT2D eigenvalue weighted by atomic mass is 19.4. The zero-order chi connectivity index (χ0) is 28.2. The second-order valence-electron chi connectivity index (χ2n) is 12.1. The summed E-state index contributed by atoms with van der Waals surface area (Å²) in [5, 5.41) is 8.20. The summed E-state index contributed by atoms with van der Waals surface area (Å²) in [5.74, 6) is 1.54. The number of hydrogen-bond donors (Lipinski definition) is 0. The van der Waals surface area contributed by atoms with Crippen molar-refractivity contribution in [1.82, 2.24) is 19.7 Å². The van der Waals surface area contributed by atoms with E-state index in [0.717, 1.165) is 42.5 Å². The van der Waals surface area contributed by atoms with Crippen LogP contribution in [-0.2, 0) is 42.9 Å². The molecule has 3 aliphatic rings. The van der Waals surface area contributed by atoms with E-state index in [9.17, 15) is 18.0 Å². The van der Waals surface area contributed by atoms with E-state index in [-0.39, 0.29) is 23.6 Å². The number of aryl methyl sites for hydroxylation is 1. The topological polar surface area (TPSA) is 63.5 Å². The Hall–Kier alpha value is -3.24. The lowest BCUT2D eigenvalue weighted by molar-refractivity contribution is -0.137. The Morgan fingerprint density at radius 1 is 1.07 bits per heavy atom. The van der Waals surface area contributed by atoms with Gasteiger partial charge in [0.2, 0.25) is 0 Å². The van der Waals surface area contributed by atoms with E-state index in [1.807, 2.05) is 29.8 Å². The third-order valence-electron chi connectivity index (χ3n) is 8.55. The molecular formula is C30H34F3N5O2. The number of amides is 1. The van der Waals surface area contributed by atoms with E-state index in [4.69, 9.17) is 4.74 Å². The van der Waals surface area contributed by atoms with Gasteiger partial charge in [-0.3, -0.25) is 9.69 Å². The van der Waals surface area contributed by atoms with Crippen LogP contribution in [0.5, 0.6) is 0 Å². The number of nitrogens with zero attached hydrogens (tertiary/aromatic N) is 5. The molecule has 0 bridgehead atoms. The van der Waals surface area contributed by atoms with Gasteiger partial charge in [-0.25, -0.2) is 0 Å². The van der Waals surface area contributed by atoms with Gasteiger partial charge >= 0.3 is 6.18 Å². The Morgan fingerprint density at radius 2 is 1.82 bits per heavy atom. The Kier molecular flexibility index (Phi) is 6.73. The number of alkyl halides is 3. The van der Waals surface area contributed by atoms with Gasteiger partial charge in [-0.2, -0.15) is 13.2 Å². The number of rotatable bonds is 6. The molecular weight excluding hydrogens is 519 g/mol. The minimum atomic E-state index is -4.51. The standard InChI is InChI=1S/C30H34F3N5O2/c1-19-6-20(2)13-37(12-19)14-21-7-24(30(31,32)33)9-25(8-21)38-15-22-4-5-23(10-26(22)28(38)39)29(16-40-17-29)11-27-35-34-18-36(27)3/h4-5,7-10,18-20H,6,11-17H2,1-3H3/t19-,20+. The zero-order valence-corrected chi connectivity index (χ0v) is 23.0. The van der Waals surface area contributed by atoms with Crippen LogP contribution in [0.2, 0.25) is 0 Å². The fraction of sp³-hybridized carbons (Fsp3) is 0.500. The SMILES string of the molecule is C[C@@H]1C[C@H](C)CN(Cc2cc(N3Cc4ccc(C5(Cc6nncn6C)COC5)cc4C3=O)cc(C(F)(F)F)c2)C1. The average Bonchev–Trinajstić information content (AvgIpc) is 3.42. The number of hydrogen-bond acceptors (Lipinski definition) is 5. The van der Waals surface area contributed by atoms with E-state index >= 15 is 0 Å². The van der Waals surface area contributed by atoms with Gasteiger partial charge in [-0.1, -0.05) is 26.0 Å². The number of halogens is 3. The third kappa shape index (κ3) is 5.03. The molecule has 0 N–H and O–H groups in total. The predicted octanol–water partition coefficient (Wildman–Crippen LogP) is 4.98. The number of carbonyl (C=O) groups is 1. The second kappa shape index (κ2) is 9.99. The Bertz CT molecular complexity index is 1420. The average molecular weight is 554 g/mol. The van der Waals surface area contributed by atoms with Crippen LogP contribution >= 0.6 is 0 Å². The number of likely N-dealkylation sites (tertiary alicyclic amines) is 1. The maximum absolute atomic E-state index is 14.0.